The Morgan fingerprint density at radius 2 is 1.97 bits per heavy atom. The molecule has 1 saturated heterocycles. The number of nitrogens with one attached hydrogen (secondary N) is 1. The Balaban J connectivity index is 1.70. The van der Waals surface area contributed by atoms with Crippen LogP contribution < -0.4 is 5.32 Å². The van der Waals surface area contributed by atoms with E-state index in [0.29, 0.717) is 6.61 Å². The second-order valence-electron chi connectivity index (χ2n) is 8.15. The lowest BCUT2D eigenvalue weighted by molar-refractivity contribution is -0.130. The monoisotopic (exact) mass is 391 g/mol. The molecular formula is C24H29N3O2. The predicted octanol–water partition coefficient (Wildman–Crippen LogP) is 4.37. The lowest BCUT2D eigenvalue weighted by Gasteiger charge is -2.20. The van der Waals surface area contributed by atoms with Gasteiger partial charge in [-0.25, -0.2) is 4.98 Å². The molecule has 0 bridgehead atoms. The smallest absolute Gasteiger partial charge is 0.249 e. The Hall–Kier alpha value is -2.66. The van der Waals surface area contributed by atoms with Crippen molar-refractivity contribution < 1.29 is 9.53 Å². The Bertz CT molecular complexity index is 1020. The third kappa shape index (κ3) is 3.92. The van der Waals surface area contributed by atoms with E-state index in [9.17, 15) is 4.79 Å². The SMILES string of the molecule is Cc1cc(C)c(Cn2c(C(C)NC(=O)C3CCCO3)nc3ccccc32)c(C)c1. The molecule has 2 atom stereocenters. The van der Waals surface area contributed by atoms with Crippen LogP contribution >= 0.6 is 0 Å². The minimum absolute atomic E-state index is 0.0451. The zero-order valence-electron chi connectivity index (χ0n) is 17.7. The maximum atomic E-state index is 12.6. The number of rotatable bonds is 5. The van der Waals surface area contributed by atoms with Gasteiger partial charge in [0.05, 0.1) is 17.1 Å². The van der Waals surface area contributed by atoms with Gasteiger partial charge in [-0.3, -0.25) is 4.79 Å². The minimum atomic E-state index is -0.336. The Kier molecular flexibility index (Phi) is 5.41. The molecule has 4 rings (SSSR count). The van der Waals surface area contributed by atoms with Crippen LogP contribution in [0, 0.1) is 20.8 Å². The third-order valence-corrected chi connectivity index (χ3v) is 5.81. The van der Waals surface area contributed by atoms with Gasteiger partial charge in [0.25, 0.3) is 0 Å². The fourth-order valence-electron chi connectivity index (χ4n) is 4.36. The van der Waals surface area contributed by atoms with E-state index in [1.165, 1.54) is 22.3 Å². The minimum Gasteiger partial charge on any atom is -0.368 e. The number of carbonyl (C=O) groups is 1. The molecule has 2 aromatic carbocycles. The maximum Gasteiger partial charge on any atom is 0.249 e. The van der Waals surface area contributed by atoms with Gasteiger partial charge in [-0.1, -0.05) is 29.8 Å². The molecule has 1 N–H and O–H groups in total. The average Bonchev–Trinajstić information content (AvgIpc) is 3.33. The van der Waals surface area contributed by atoms with E-state index < -0.39 is 0 Å². The van der Waals surface area contributed by atoms with Crippen molar-refractivity contribution in [2.45, 2.75) is 59.2 Å². The molecular weight excluding hydrogens is 362 g/mol. The van der Waals surface area contributed by atoms with Gasteiger partial charge >= 0.3 is 0 Å². The summed E-state index contributed by atoms with van der Waals surface area (Å²) in [5.74, 6) is 0.827. The van der Waals surface area contributed by atoms with Crippen molar-refractivity contribution in [3.05, 3.63) is 64.5 Å². The van der Waals surface area contributed by atoms with Crippen LogP contribution in [0.5, 0.6) is 0 Å². The molecule has 5 nitrogen and oxygen atoms in total. The van der Waals surface area contributed by atoms with E-state index in [-0.39, 0.29) is 18.1 Å². The van der Waals surface area contributed by atoms with Gasteiger partial charge < -0.3 is 14.6 Å². The molecule has 0 aliphatic carbocycles. The lowest BCUT2D eigenvalue weighted by Crippen LogP contribution is -2.36. The van der Waals surface area contributed by atoms with Crippen LogP contribution in [0.2, 0.25) is 0 Å². The number of carbonyl (C=O) groups excluding carboxylic acids is 1. The highest BCUT2D eigenvalue weighted by Crippen LogP contribution is 2.25. The summed E-state index contributed by atoms with van der Waals surface area (Å²) in [6, 6.07) is 12.4. The fourth-order valence-corrected chi connectivity index (χ4v) is 4.36. The quantitative estimate of drug-likeness (QED) is 0.703. The van der Waals surface area contributed by atoms with Crippen LogP contribution in [-0.2, 0) is 16.1 Å². The molecule has 5 heteroatoms. The highest BCUT2D eigenvalue weighted by molar-refractivity contribution is 5.81. The number of aromatic nitrogens is 2. The molecule has 0 spiro atoms. The Labute approximate surface area is 172 Å². The first-order valence-electron chi connectivity index (χ1n) is 10.4. The van der Waals surface area contributed by atoms with Gasteiger partial charge in [-0.05, 0) is 69.4 Å². The van der Waals surface area contributed by atoms with E-state index in [2.05, 4.69) is 48.9 Å². The van der Waals surface area contributed by atoms with Crippen molar-refractivity contribution in [2.24, 2.45) is 0 Å². The first kappa shape index (κ1) is 19.6. The summed E-state index contributed by atoms with van der Waals surface area (Å²) < 4.78 is 7.78. The number of hydrogen-bond acceptors (Lipinski definition) is 3. The molecule has 1 fully saturated rings. The van der Waals surface area contributed by atoms with E-state index in [1.54, 1.807) is 0 Å². The summed E-state index contributed by atoms with van der Waals surface area (Å²) in [7, 11) is 0. The fraction of sp³-hybridized carbons (Fsp3) is 0.417. The van der Waals surface area contributed by atoms with E-state index in [4.69, 9.17) is 9.72 Å². The molecule has 1 aliphatic rings. The number of fused-ring (bicyclic) bond motifs is 1. The van der Waals surface area contributed by atoms with Crippen LogP contribution in [0.3, 0.4) is 0 Å². The summed E-state index contributed by atoms with van der Waals surface area (Å²) in [5, 5.41) is 3.12. The molecule has 1 amide bonds. The predicted molar refractivity (Wildman–Crippen MR) is 115 cm³/mol. The van der Waals surface area contributed by atoms with Crippen molar-refractivity contribution in [1.29, 1.82) is 0 Å². The number of nitrogens with zero attached hydrogens (tertiary/aromatic N) is 2. The summed E-state index contributed by atoms with van der Waals surface area (Å²) in [5.41, 5.74) is 7.17. The molecule has 2 unspecified atom stereocenters. The van der Waals surface area contributed by atoms with Crippen molar-refractivity contribution in [3.63, 3.8) is 0 Å². The molecule has 1 aliphatic heterocycles. The zero-order valence-corrected chi connectivity index (χ0v) is 17.7. The summed E-state index contributed by atoms with van der Waals surface area (Å²) in [6.45, 7) is 9.85. The molecule has 0 radical (unpaired) electrons. The Morgan fingerprint density at radius 3 is 2.66 bits per heavy atom. The highest BCUT2D eigenvalue weighted by atomic mass is 16.5. The topological polar surface area (TPSA) is 56.2 Å². The van der Waals surface area contributed by atoms with Gasteiger partial charge in [0.1, 0.15) is 11.9 Å². The van der Waals surface area contributed by atoms with Crippen LogP contribution in [-0.4, -0.2) is 28.2 Å². The molecule has 0 saturated carbocycles. The normalized spacial score (nSPS) is 17.6. The second kappa shape index (κ2) is 7.99. The van der Waals surface area contributed by atoms with E-state index >= 15 is 0 Å². The van der Waals surface area contributed by atoms with Crippen LogP contribution in [0.1, 0.15) is 53.9 Å². The number of imidazole rings is 1. The molecule has 3 aromatic rings. The number of amides is 1. The number of ether oxygens (including phenoxy) is 1. The summed E-state index contributed by atoms with van der Waals surface area (Å²) in [6.07, 6.45) is 1.39. The number of para-hydroxylation sites is 2. The first-order valence-corrected chi connectivity index (χ1v) is 10.4. The van der Waals surface area contributed by atoms with Crippen LogP contribution in [0.4, 0.5) is 0 Å². The van der Waals surface area contributed by atoms with E-state index in [1.807, 2.05) is 25.1 Å². The molecule has 1 aromatic heterocycles. The third-order valence-electron chi connectivity index (χ3n) is 5.81. The van der Waals surface area contributed by atoms with Gasteiger partial charge in [-0.2, -0.15) is 0 Å². The van der Waals surface area contributed by atoms with Gasteiger partial charge in [0.2, 0.25) is 5.91 Å². The first-order chi connectivity index (χ1) is 13.9. The number of aryl methyl sites for hydroxylation is 3. The lowest BCUT2D eigenvalue weighted by atomic mass is 9.99. The number of benzene rings is 2. The van der Waals surface area contributed by atoms with Crippen LogP contribution in [0.15, 0.2) is 36.4 Å². The maximum absolute atomic E-state index is 12.6. The van der Waals surface area contributed by atoms with Crippen molar-refractivity contribution in [1.82, 2.24) is 14.9 Å². The standard InChI is InChI=1S/C24H29N3O2/c1-15-12-16(2)19(17(3)13-15)14-27-21-9-6-5-8-20(21)26-23(27)18(4)25-24(28)22-10-7-11-29-22/h5-6,8-9,12-13,18,22H,7,10-11,14H2,1-4H3,(H,25,28). The van der Waals surface area contributed by atoms with Gasteiger partial charge in [-0.15, -0.1) is 0 Å². The van der Waals surface area contributed by atoms with Crippen molar-refractivity contribution in [2.75, 3.05) is 6.61 Å². The second-order valence-corrected chi connectivity index (χ2v) is 8.15. The zero-order chi connectivity index (χ0) is 20.5. The molecule has 2 heterocycles. The van der Waals surface area contributed by atoms with Crippen molar-refractivity contribution in [3.8, 4) is 0 Å². The largest absolute Gasteiger partial charge is 0.368 e. The van der Waals surface area contributed by atoms with Gasteiger partial charge in [0.15, 0.2) is 0 Å². The van der Waals surface area contributed by atoms with Crippen molar-refractivity contribution >= 4 is 16.9 Å². The van der Waals surface area contributed by atoms with Crippen LogP contribution in [0.25, 0.3) is 11.0 Å². The van der Waals surface area contributed by atoms with Gasteiger partial charge in [0, 0.05) is 13.2 Å². The number of hydrogen-bond donors (Lipinski definition) is 1. The highest BCUT2D eigenvalue weighted by Gasteiger charge is 2.26. The summed E-state index contributed by atoms with van der Waals surface area (Å²) >= 11 is 0. The average molecular weight is 392 g/mol. The molecule has 152 valence electrons. The molecule has 29 heavy (non-hydrogen) atoms. The van der Waals surface area contributed by atoms with E-state index in [0.717, 1.165) is 36.2 Å². The Morgan fingerprint density at radius 1 is 1.24 bits per heavy atom. The summed E-state index contributed by atoms with van der Waals surface area (Å²) in [4.78, 5) is 17.5.